The molecule has 0 aliphatic carbocycles. The van der Waals surface area contributed by atoms with Gasteiger partial charge in [0, 0.05) is 26.5 Å². The Kier molecular flexibility index (Phi) is 5.98. The van der Waals surface area contributed by atoms with Gasteiger partial charge in [0.25, 0.3) is 5.91 Å². The lowest BCUT2D eigenvalue weighted by molar-refractivity contribution is 0.102. The first-order valence-electron chi connectivity index (χ1n) is 6.56. The predicted octanol–water partition coefficient (Wildman–Crippen LogP) is 4.52. The van der Waals surface area contributed by atoms with Crippen molar-refractivity contribution in [3.8, 4) is 0 Å². The zero-order valence-corrected chi connectivity index (χ0v) is 15.2. The second-order valence-corrected chi connectivity index (χ2v) is 6.60. The molecule has 1 amide bonds. The highest BCUT2D eigenvalue weighted by Gasteiger charge is 2.13. The molecule has 0 radical (unpaired) electrons. The molecular weight excluding hydrogens is 445 g/mol. The summed E-state index contributed by atoms with van der Waals surface area (Å²) < 4.78 is 1.90. The third-order valence-corrected chi connectivity index (χ3v) is 3.90. The summed E-state index contributed by atoms with van der Waals surface area (Å²) in [5.74, 6) is 0.423. The molecule has 21 heavy (non-hydrogen) atoms. The summed E-state index contributed by atoms with van der Waals surface area (Å²) in [6, 6.07) is 9.43. The topological polar surface area (TPSA) is 54.0 Å². The number of rotatable bonds is 5. The van der Waals surface area contributed by atoms with Gasteiger partial charge in [0.2, 0.25) is 0 Å². The van der Waals surface area contributed by atoms with E-state index < -0.39 is 0 Å². The smallest absolute Gasteiger partial charge is 0.259 e. The molecule has 0 bridgehead atoms. The van der Waals surface area contributed by atoms with Gasteiger partial charge in [-0.05, 0) is 75.3 Å². The van der Waals surface area contributed by atoms with E-state index >= 15 is 0 Å². The molecule has 110 valence electrons. The molecule has 2 N–H and O–H groups in total. The van der Waals surface area contributed by atoms with Gasteiger partial charge in [-0.15, -0.1) is 0 Å². The Morgan fingerprint density at radius 2 is 2.05 bits per heavy atom. The summed E-state index contributed by atoms with van der Waals surface area (Å²) in [5.41, 5.74) is 1.29. The highest BCUT2D eigenvalue weighted by molar-refractivity contribution is 14.1. The van der Waals surface area contributed by atoms with Gasteiger partial charge in [0.1, 0.15) is 5.82 Å². The first-order chi connectivity index (χ1) is 10.1. The third-order valence-electron chi connectivity index (χ3n) is 2.74. The predicted molar refractivity (Wildman–Crippen MR) is 97.8 cm³/mol. The molecule has 0 aliphatic rings. The van der Waals surface area contributed by atoms with Crippen LogP contribution in [-0.2, 0) is 0 Å². The SMILES string of the molecule is CCCNc1ncc(Br)cc1C(=O)Nc1ccc(I)cc1. The molecule has 0 atom stereocenters. The maximum absolute atomic E-state index is 12.4. The molecule has 0 aliphatic heterocycles. The normalized spacial score (nSPS) is 10.2. The van der Waals surface area contributed by atoms with Crippen LogP contribution in [0.15, 0.2) is 41.0 Å². The maximum atomic E-state index is 12.4. The number of hydrogen-bond acceptors (Lipinski definition) is 3. The highest BCUT2D eigenvalue weighted by atomic mass is 127. The van der Waals surface area contributed by atoms with Crippen LogP contribution in [0.25, 0.3) is 0 Å². The molecule has 2 rings (SSSR count). The highest BCUT2D eigenvalue weighted by Crippen LogP contribution is 2.20. The van der Waals surface area contributed by atoms with Gasteiger partial charge >= 0.3 is 0 Å². The summed E-state index contributed by atoms with van der Waals surface area (Å²) in [5, 5.41) is 6.06. The van der Waals surface area contributed by atoms with Crippen LogP contribution in [0.4, 0.5) is 11.5 Å². The monoisotopic (exact) mass is 459 g/mol. The molecule has 0 spiro atoms. The van der Waals surface area contributed by atoms with Crippen LogP contribution in [-0.4, -0.2) is 17.4 Å². The Labute approximate surface area is 146 Å². The minimum atomic E-state index is -0.177. The van der Waals surface area contributed by atoms with E-state index in [-0.39, 0.29) is 5.91 Å². The second kappa shape index (κ2) is 7.74. The number of nitrogens with one attached hydrogen (secondary N) is 2. The number of benzene rings is 1. The summed E-state index contributed by atoms with van der Waals surface area (Å²) >= 11 is 5.58. The van der Waals surface area contributed by atoms with Crippen molar-refractivity contribution in [2.24, 2.45) is 0 Å². The summed E-state index contributed by atoms with van der Waals surface area (Å²) in [6.07, 6.45) is 2.65. The van der Waals surface area contributed by atoms with E-state index in [2.05, 4.69) is 61.1 Å². The maximum Gasteiger partial charge on any atom is 0.259 e. The number of hydrogen-bond donors (Lipinski definition) is 2. The first kappa shape index (κ1) is 16.2. The summed E-state index contributed by atoms with van der Waals surface area (Å²) in [4.78, 5) is 16.7. The molecule has 1 aromatic heterocycles. The van der Waals surface area contributed by atoms with Crippen molar-refractivity contribution in [2.75, 3.05) is 17.2 Å². The third kappa shape index (κ3) is 4.67. The molecule has 0 saturated heterocycles. The summed E-state index contributed by atoms with van der Waals surface area (Å²) in [7, 11) is 0. The van der Waals surface area contributed by atoms with Crippen molar-refractivity contribution in [1.82, 2.24) is 4.98 Å². The molecule has 0 fully saturated rings. The number of nitrogens with zero attached hydrogens (tertiary/aromatic N) is 1. The number of amides is 1. The average Bonchev–Trinajstić information content (AvgIpc) is 2.48. The van der Waals surface area contributed by atoms with E-state index in [9.17, 15) is 4.79 Å². The van der Waals surface area contributed by atoms with E-state index in [0.717, 1.165) is 26.7 Å². The van der Waals surface area contributed by atoms with Gasteiger partial charge < -0.3 is 10.6 Å². The lowest BCUT2D eigenvalue weighted by atomic mass is 10.2. The van der Waals surface area contributed by atoms with Crippen molar-refractivity contribution < 1.29 is 4.79 Å². The van der Waals surface area contributed by atoms with E-state index in [0.29, 0.717) is 11.4 Å². The number of halogens is 2. The van der Waals surface area contributed by atoms with Crippen LogP contribution in [0.5, 0.6) is 0 Å². The fraction of sp³-hybridized carbons (Fsp3) is 0.200. The van der Waals surface area contributed by atoms with E-state index in [1.807, 2.05) is 24.3 Å². The van der Waals surface area contributed by atoms with E-state index in [1.54, 1.807) is 12.3 Å². The number of aromatic nitrogens is 1. The standard InChI is InChI=1S/C15H15BrIN3O/c1-2-7-18-14-13(8-10(16)9-19-14)15(21)20-12-5-3-11(17)4-6-12/h3-6,8-9H,2,7H2,1H3,(H,18,19)(H,20,21). The van der Waals surface area contributed by atoms with Crippen molar-refractivity contribution in [1.29, 1.82) is 0 Å². The Balaban J connectivity index is 2.20. The van der Waals surface area contributed by atoms with Crippen LogP contribution in [0.1, 0.15) is 23.7 Å². The zero-order chi connectivity index (χ0) is 15.2. The Hall–Kier alpha value is -1.15. The second-order valence-electron chi connectivity index (χ2n) is 4.44. The van der Waals surface area contributed by atoms with Crippen LogP contribution in [0.2, 0.25) is 0 Å². The van der Waals surface area contributed by atoms with E-state index in [4.69, 9.17) is 0 Å². The van der Waals surface area contributed by atoms with Crippen molar-refractivity contribution in [2.45, 2.75) is 13.3 Å². The van der Waals surface area contributed by atoms with Crippen LogP contribution < -0.4 is 10.6 Å². The summed E-state index contributed by atoms with van der Waals surface area (Å²) in [6.45, 7) is 2.84. The van der Waals surface area contributed by atoms with Crippen molar-refractivity contribution in [3.63, 3.8) is 0 Å². The van der Waals surface area contributed by atoms with Crippen LogP contribution in [0, 0.1) is 3.57 Å². The number of carbonyl (C=O) groups is 1. The molecule has 1 aromatic carbocycles. The number of pyridine rings is 1. The fourth-order valence-electron chi connectivity index (χ4n) is 1.73. The molecule has 1 heterocycles. The molecule has 6 heteroatoms. The van der Waals surface area contributed by atoms with Crippen molar-refractivity contribution >= 4 is 55.9 Å². The van der Waals surface area contributed by atoms with Crippen LogP contribution >= 0.6 is 38.5 Å². The molecule has 0 saturated carbocycles. The number of anilines is 2. The quantitative estimate of drug-likeness (QED) is 0.646. The minimum absolute atomic E-state index is 0.177. The number of carbonyl (C=O) groups excluding carboxylic acids is 1. The van der Waals surface area contributed by atoms with Gasteiger partial charge in [-0.25, -0.2) is 4.98 Å². The Bertz CT molecular complexity index is 631. The zero-order valence-electron chi connectivity index (χ0n) is 11.5. The van der Waals surface area contributed by atoms with Gasteiger partial charge in [0.15, 0.2) is 0 Å². The van der Waals surface area contributed by atoms with E-state index in [1.165, 1.54) is 0 Å². The average molecular weight is 460 g/mol. The fourth-order valence-corrected chi connectivity index (χ4v) is 2.42. The molecule has 2 aromatic rings. The largest absolute Gasteiger partial charge is 0.369 e. The van der Waals surface area contributed by atoms with Gasteiger partial charge in [-0.3, -0.25) is 4.79 Å². The lowest BCUT2D eigenvalue weighted by Crippen LogP contribution is -2.16. The Morgan fingerprint density at radius 1 is 1.33 bits per heavy atom. The van der Waals surface area contributed by atoms with Crippen LogP contribution in [0.3, 0.4) is 0 Å². The molecular formula is C15H15BrIN3O. The minimum Gasteiger partial charge on any atom is -0.369 e. The molecule has 4 nitrogen and oxygen atoms in total. The van der Waals surface area contributed by atoms with Gasteiger partial charge in [0.05, 0.1) is 5.56 Å². The molecule has 0 unspecified atom stereocenters. The Morgan fingerprint density at radius 3 is 2.71 bits per heavy atom. The lowest BCUT2D eigenvalue weighted by Gasteiger charge is -2.11. The van der Waals surface area contributed by atoms with Gasteiger partial charge in [-0.2, -0.15) is 0 Å². The first-order valence-corrected chi connectivity index (χ1v) is 8.43. The van der Waals surface area contributed by atoms with Crippen molar-refractivity contribution in [3.05, 3.63) is 50.1 Å². The van der Waals surface area contributed by atoms with Gasteiger partial charge in [-0.1, -0.05) is 6.92 Å².